The molecule has 8 heteroatoms. The molecule has 1 aromatic heterocycles. The molecule has 1 aromatic carbocycles. The Labute approximate surface area is 180 Å². The molecule has 1 saturated carbocycles. The van der Waals surface area contributed by atoms with Crippen LogP contribution < -0.4 is 5.32 Å². The third-order valence-corrected chi connectivity index (χ3v) is 6.36. The van der Waals surface area contributed by atoms with Crippen LogP contribution in [0.2, 0.25) is 5.02 Å². The lowest BCUT2D eigenvalue weighted by molar-refractivity contribution is -0.144. The van der Waals surface area contributed by atoms with E-state index in [4.69, 9.17) is 11.6 Å². The Morgan fingerprint density at radius 3 is 2.43 bits per heavy atom. The van der Waals surface area contributed by atoms with E-state index >= 15 is 0 Å². The predicted octanol–water partition coefficient (Wildman–Crippen LogP) is 2.25. The average Bonchev–Trinajstić information content (AvgIpc) is 2.68. The number of nitrogens with one attached hydrogen (secondary N) is 1. The van der Waals surface area contributed by atoms with Crippen LogP contribution in [0.1, 0.15) is 47.4 Å². The van der Waals surface area contributed by atoms with Crippen LogP contribution in [0.5, 0.6) is 0 Å². The summed E-state index contributed by atoms with van der Waals surface area (Å²) >= 11 is 6.02. The van der Waals surface area contributed by atoms with E-state index in [0.717, 1.165) is 24.8 Å². The summed E-state index contributed by atoms with van der Waals surface area (Å²) in [7, 11) is 0. The number of aliphatic hydroxyl groups is 1. The second kappa shape index (κ2) is 8.32. The van der Waals surface area contributed by atoms with Crippen LogP contribution in [0.25, 0.3) is 0 Å². The maximum Gasteiger partial charge on any atom is 0.254 e. The molecule has 2 N–H and O–H groups in total. The summed E-state index contributed by atoms with van der Waals surface area (Å²) in [5.41, 5.74) is 0.747. The maximum absolute atomic E-state index is 13.5. The van der Waals surface area contributed by atoms with Crippen LogP contribution >= 0.6 is 11.6 Å². The topological polar surface area (TPSA) is 95.4 Å². The van der Waals surface area contributed by atoms with Gasteiger partial charge in [0, 0.05) is 36.5 Å². The van der Waals surface area contributed by atoms with Crippen molar-refractivity contribution in [2.24, 2.45) is 0 Å². The summed E-state index contributed by atoms with van der Waals surface area (Å²) in [5.74, 6) is 0.287. The van der Waals surface area contributed by atoms with E-state index in [0.29, 0.717) is 29.4 Å². The second-order valence-corrected chi connectivity index (χ2v) is 8.67. The zero-order valence-corrected chi connectivity index (χ0v) is 17.6. The predicted molar refractivity (Wildman–Crippen MR) is 112 cm³/mol. The summed E-state index contributed by atoms with van der Waals surface area (Å²) in [4.78, 5) is 35.8. The highest BCUT2D eigenvalue weighted by molar-refractivity contribution is 6.30. The number of nitrogens with zero attached hydrogens (tertiary/aromatic N) is 3. The van der Waals surface area contributed by atoms with Crippen molar-refractivity contribution in [3.63, 3.8) is 0 Å². The van der Waals surface area contributed by atoms with Crippen LogP contribution in [0, 0.1) is 6.92 Å². The number of carbonyl (C=O) groups is 2. The lowest BCUT2D eigenvalue weighted by Crippen LogP contribution is -2.59. The molecule has 30 heavy (non-hydrogen) atoms. The number of rotatable bonds is 4. The molecule has 2 fully saturated rings. The van der Waals surface area contributed by atoms with Crippen molar-refractivity contribution in [3.05, 3.63) is 58.6 Å². The van der Waals surface area contributed by atoms with Crippen molar-refractivity contribution in [2.45, 2.75) is 50.2 Å². The molecule has 0 radical (unpaired) electrons. The summed E-state index contributed by atoms with van der Waals surface area (Å²) < 4.78 is 0. The number of hydrogen-bond acceptors (Lipinski definition) is 5. The molecule has 0 spiro atoms. The number of halogens is 1. The fourth-order valence-corrected chi connectivity index (χ4v) is 4.48. The zero-order chi connectivity index (χ0) is 21.3. The first-order chi connectivity index (χ1) is 14.4. The monoisotopic (exact) mass is 428 g/mol. The number of aromatic nitrogens is 2. The zero-order valence-electron chi connectivity index (χ0n) is 16.8. The SMILES string of the molecule is Cc1ncc(C(=O)N[C@H]2C[C@@H](O)CN(C(=O)C3(c4ccc(Cl)cc4)CCC3)C2)cn1. The molecule has 4 rings (SSSR count). The summed E-state index contributed by atoms with van der Waals surface area (Å²) in [6.07, 6.45) is 5.20. The van der Waals surface area contributed by atoms with Gasteiger partial charge in [0.1, 0.15) is 5.82 Å². The average molecular weight is 429 g/mol. The van der Waals surface area contributed by atoms with Gasteiger partial charge in [0.05, 0.1) is 17.1 Å². The Morgan fingerprint density at radius 2 is 1.83 bits per heavy atom. The van der Waals surface area contributed by atoms with Gasteiger partial charge in [0.25, 0.3) is 5.91 Å². The van der Waals surface area contributed by atoms with Crippen LogP contribution in [0.15, 0.2) is 36.7 Å². The van der Waals surface area contributed by atoms with Crippen molar-refractivity contribution in [2.75, 3.05) is 13.1 Å². The van der Waals surface area contributed by atoms with Gasteiger partial charge in [-0.25, -0.2) is 9.97 Å². The second-order valence-electron chi connectivity index (χ2n) is 8.23. The molecular formula is C22H25ClN4O3. The van der Waals surface area contributed by atoms with Gasteiger partial charge in [-0.2, -0.15) is 0 Å². The van der Waals surface area contributed by atoms with Gasteiger partial charge < -0.3 is 15.3 Å². The molecule has 2 aliphatic rings. The normalized spacial score (nSPS) is 22.8. The third-order valence-electron chi connectivity index (χ3n) is 6.11. The molecule has 2 atom stereocenters. The number of hydrogen-bond donors (Lipinski definition) is 2. The molecule has 7 nitrogen and oxygen atoms in total. The molecular weight excluding hydrogens is 404 g/mol. The molecule has 1 saturated heterocycles. The van der Waals surface area contributed by atoms with Gasteiger partial charge in [0.15, 0.2) is 0 Å². The molecule has 1 aliphatic heterocycles. The smallest absolute Gasteiger partial charge is 0.254 e. The van der Waals surface area contributed by atoms with Gasteiger partial charge >= 0.3 is 0 Å². The number of benzene rings is 1. The lowest BCUT2D eigenvalue weighted by Gasteiger charge is -2.46. The lowest BCUT2D eigenvalue weighted by atomic mass is 9.63. The maximum atomic E-state index is 13.5. The first-order valence-corrected chi connectivity index (χ1v) is 10.6. The van der Waals surface area contributed by atoms with E-state index in [2.05, 4.69) is 15.3 Å². The fraction of sp³-hybridized carbons (Fsp3) is 0.455. The van der Waals surface area contributed by atoms with Gasteiger partial charge in [-0.05, 0) is 43.9 Å². The van der Waals surface area contributed by atoms with Crippen LogP contribution in [-0.2, 0) is 10.2 Å². The van der Waals surface area contributed by atoms with E-state index in [-0.39, 0.29) is 24.4 Å². The van der Waals surface area contributed by atoms with Crippen molar-refractivity contribution < 1.29 is 14.7 Å². The van der Waals surface area contributed by atoms with Crippen LogP contribution in [0.3, 0.4) is 0 Å². The minimum Gasteiger partial charge on any atom is -0.391 e. The van der Waals surface area contributed by atoms with E-state index < -0.39 is 11.5 Å². The number of carbonyl (C=O) groups excluding carboxylic acids is 2. The number of aliphatic hydroxyl groups excluding tert-OH is 1. The highest BCUT2D eigenvalue weighted by Crippen LogP contribution is 2.45. The van der Waals surface area contributed by atoms with Crippen molar-refractivity contribution in [3.8, 4) is 0 Å². The van der Waals surface area contributed by atoms with E-state index in [1.807, 2.05) is 24.3 Å². The Hall–Kier alpha value is -2.51. The quantitative estimate of drug-likeness (QED) is 0.778. The summed E-state index contributed by atoms with van der Waals surface area (Å²) in [5, 5.41) is 13.9. The van der Waals surface area contributed by atoms with Gasteiger partial charge in [0.2, 0.25) is 5.91 Å². The Kier molecular flexibility index (Phi) is 5.75. The highest BCUT2D eigenvalue weighted by Gasteiger charge is 2.48. The van der Waals surface area contributed by atoms with E-state index in [1.54, 1.807) is 11.8 Å². The van der Waals surface area contributed by atoms with Gasteiger partial charge in [-0.1, -0.05) is 30.2 Å². The van der Waals surface area contributed by atoms with Crippen molar-refractivity contribution in [1.29, 1.82) is 0 Å². The molecule has 1 aliphatic carbocycles. The third kappa shape index (κ3) is 4.04. The van der Waals surface area contributed by atoms with Crippen molar-refractivity contribution >= 4 is 23.4 Å². The van der Waals surface area contributed by atoms with E-state index in [9.17, 15) is 14.7 Å². The number of piperidine rings is 1. The van der Waals surface area contributed by atoms with Crippen molar-refractivity contribution in [1.82, 2.24) is 20.2 Å². The standard InChI is InChI=1S/C22H25ClN4O3/c1-14-24-10-15(11-25-14)20(29)26-18-9-19(28)13-27(12-18)21(30)22(7-2-8-22)16-3-5-17(23)6-4-16/h3-6,10-11,18-19,28H,2,7-9,12-13H2,1H3,(H,26,29)/t18-,19+/m0/s1. The Bertz CT molecular complexity index is 928. The number of β-amino-alcohol motifs (C(OH)–C–C–N with tert-alkyl or cyclic N) is 1. The van der Waals surface area contributed by atoms with Crippen LogP contribution in [-0.4, -0.2) is 57.0 Å². The molecule has 2 aromatic rings. The Balaban J connectivity index is 1.48. The molecule has 0 bridgehead atoms. The van der Waals surface area contributed by atoms with Gasteiger partial charge in [-0.15, -0.1) is 0 Å². The first-order valence-electron chi connectivity index (χ1n) is 10.2. The molecule has 2 amide bonds. The molecule has 2 heterocycles. The van der Waals surface area contributed by atoms with E-state index in [1.165, 1.54) is 12.4 Å². The summed E-state index contributed by atoms with van der Waals surface area (Å²) in [6.45, 7) is 2.39. The Morgan fingerprint density at radius 1 is 1.17 bits per heavy atom. The number of likely N-dealkylation sites (tertiary alicyclic amines) is 1. The summed E-state index contributed by atoms with van der Waals surface area (Å²) in [6, 6.07) is 7.10. The largest absolute Gasteiger partial charge is 0.391 e. The number of aryl methyl sites for hydroxylation is 1. The fourth-order valence-electron chi connectivity index (χ4n) is 4.35. The van der Waals surface area contributed by atoms with Crippen LogP contribution in [0.4, 0.5) is 0 Å². The highest BCUT2D eigenvalue weighted by atomic mass is 35.5. The first kappa shape index (κ1) is 20.8. The van der Waals surface area contributed by atoms with Gasteiger partial charge in [-0.3, -0.25) is 9.59 Å². The minimum atomic E-state index is -0.690. The minimum absolute atomic E-state index is 0.00717. The molecule has 0 unspecified atom stereocenters. The number of amides is 2. The molecule has 158 valence electrons.